The first-order chi connectivity index (χ1) is 12.8. The van der Waals surface area contributed by atoms with Crippen molar-refractivity contribution in [2.24, 2.45) is 17.8 Å². The fraction of sp³-hybridized carbons (Fsp3) is 1.00. The van der Waals surface area contributed by atoms with Crippen LogP contribution in [-0.2, 0) is 9.47 Å². The normalized spacial score (nSPS) is 25.7. The highest BCUT2D eigenvalue weighted by atomic mass is 16.5. The summed E-state index contributed by atoms with van der Waals surface area (Å²) in [5, 5.41) is 0. The third-order valence-electron chi connectivity index (χ3n) is 7.17. The maximum Gasteiger partial charge on any atom is 0.0593 e. The van der Waals surface area contributed by atoms with Crippen LogP contribution in [0.2, 0.25) is 0 Å². The summed E-state index contributed by atoms with van der Waals surface area (Å²) in [4.78, 5) is 5.23. The summed E-state index contributed by atoms with van der Waals surface area (Å²) in [6, 6.07) is 0. The van der Waals surface area contributed by atoms with Gasteiger partial charge >= 0.3 is 0 Å². The van der Waals surface area contributed by atoms with Crippen molar-refractivity contribution in [1.29, 1.82) is 0 Å². The Morgan fingerprint density at radius 3 is 1.77 bits per heavy atom. The molecule has 4 nitrogen and oxygen atoms in total. The Morgan fingerprint density at radius 2 is 1.23 bits per heavy atom. The van der Waals surface area contributed by atoms with E-state index in [1.807, 2.05) is 7.11 Å². The predicted octanol–water partition coefficient (Wildman–Crippen LogP) is 3.65. The second-order valence-electron chi connectivity index (χ2n) is 8.93. The van der Waals surface area contributed by atoms with Gasteiger partial charge in [-0.25, -0.2) is 0 Å². The summed E-state index contributed by atoms with van der Waals surface area (Å²) in [5.41, 5.74) is 0. The quantitative estimate of drug-likeness (QED) is 0.582. The molecule has 0 spiro atoms. The van der Waals surface area contributed by atoms with E-state index in [2.05, 4.69) is 9.80 Å². The van der Waals surface area contributed by atoms with Crippen molar-refractivity contribution < 1.29 is 9.47 Å². The average molecular weight is 367 g/mol. The van der Waals surface area contributed by atoms with Gasteiger partial charge in [-0.2, -0.15) is 0 Å². The molecule has 0 radical (unpaired) electrons. The fourth-order valence-electron chi connectivity index (χ4n) is 5.31. The zero-order valence-electron chi connectivity index (χ0n) is 17.2. The molecule has 2 saturated heterocycles. The first-order valence-corrected chi connectivity index (χ1v) is 11.4. The molecule has 0 aromatic heterocycles. The van der Waals surface area contributed by atoms with Gasteiger partial charge in [0.2, 0.25) is 0 Å². The Morgan fingerprint density at radius 1 is 0.692 bits per heavy atom. The van der Waals surface area contributed by atoms with E-state index in [0.29, 0.717) is 0 Å². The van der Waals surface area contributed by atoms with E-state index in [0.717, 1.165) is 50.7 Å². The highest BCUT2D eigenvalue weighted by Crippen LogP contribution is 2.32. The molecule has 0 amide bonds. The van der Waals surface area contributed by atoms with Crippen molar-refractivity contribution in [1.82, 2.24) is 9.80 Å². The standard InChI is InChI=1S/C22H42N2O2/c1-25-17-15-23-11-7-21(8-12-23)22-9-13-24(14-10-22)16-18-26-19-20-5-3-2-4-6-20/h20-22H,2-19H2,1H3. The Bertz CT molecular complexity index is 357. The Labute approximate surface area is 161 Å². The maximum absolute atomic E-state index is 6.01. The van der Waals surface area contributed by atoms with Gasteiger partial charge in [-0.3, -0.25) is 0 Å². The minimum atomic E-state index is 0.851. The Kier molecular flexibility index (Phi) is 9.20. The van der Waals surface area contributed by atoms with Gasteiger partial charge in [0, 0.05) is 26.8 Å². The van der Waals surface area contributed by atoms with E-state index in [1.165, 1.54) is 84.0 Å². The van der Waals surface area contributed by atoms with Gasteiger partial charge < -0.3 is 19.3 Å². The van der Waals surface area contributed by atoms with Gasteiger partial charge in [0.15, 0.2) is 0 Å². The number of methoxy groups -OCH3 is 1. The highest BCUT2D eigenvalue weighted by molar-refractivity contribution is 4.82. The molecule has 2 heterocycles. The number of ether oxygens (including phenoxy) is 2. The number of nitrogens with zero attached hydrogens (tertiary/aromatic N) is 2. The summed E-state index contributed by atoms with van der Waals surface area (Å²) in [6.45, 7) is 10.2. The monoisotopic (exact) mass is 366 g/mol. The van der Waals surface area contributed by atoms with Crippen LogP contribution < -0.4 is 0 Å². The molecule has 0 bridgehead atoms. The molecule has 1 saturated carbocycles. The van der Waals surface area contributed by atoms with Crippen LogP contribution in [0, 0.1) is 17.8 Å². The molecule has 26 heavy (non-hydrogen) atoms. The Balaban J connectivity index is 1.23. The van der Waals surface area contributed by atoms with Crippen LogP contribution in [0.5, 0.6) is 0 Å². The van der Waals surface area contributed by atoms with Gasteiger partial charge in [-0.05, 0) is 82.5 Å². The van der Waals surface area contributed by atoms with Gasteiger partial charge in [-0.1, -0.05) is 19.3 Å². The van der Waals surface area contributed by atoms with E-state index < -0.39 is 0 Å². The predicted molar refractivity (Wildman–Crippen MR) is 108 cm³/mol. The van der Waals surface area contributed by atoms with Gasteiger partial charge in [0.1, 0.15) is 0 Å². The van der Waals surface area contributed by atoms with Crippen LogP contribution in [0.1, 0.15) is 57.8 Å². The molecule has 0 aromatic rings. The summed E-state index contributed by atoms with van der Waals surface area (Å²) in [7, 11) is 1.81. The Hall–Kier alpha value is -0.160. The van der Waals surface area contributed by atoms with Crippen molar-refractivity contribution in [2.45, 2.75) is 57.8 Å². The summed E-state index contributed by atoms with van der Waals surface area (Å²) < 4.78 is 11.2. The highest BCUT2D eigenvalue weighted by Gasteiger charge is 2.29. The second kappa shape index (κ2) is 11.6. The largest absolute Gasteiger partial charge is 0.383 e. The summed E-state index contributed by atoms with van der Waals surface area (Å²) >= 11 is 0. The first-order valence-electron chi connectivity index (χ1n) is 11.4. The molecule has 1 aliphatic carbocycles. The number of likely N-dealkylation sites (tertiary alicyclic amines) is 2. The molecule has 4 heteroatoms. The summed E-state index contributed by atoms with van der Waals surface area (Å²) in [6.07, 6.45) is 12.7. The lowest BCUT2D eigenvalue weighted by Crippen LogP contribution is -2.42. The van der Waals surface area contributed by atoms with E-state index >= 15 is 0 Å². The van der Waals surface area contributed by atoms with Crippen molar-refractivity contribution >= 4 is 0 Å². The van der Waals surface area contributed by atoms with E-state index in [4.69, 9.17) is 9.47 Å². The number of piperidine rings is 2. The van der Waals surface area contributed by atoms with Crippen LogP contribution >= 0.6 is 0 Å². The average Bonchev–Trinajstić information content (AvgIpc) is 2.71. The lowest BCUT2D eigenvalue weighted by molar-refractivity contribution is 0.0468. The van der Waals surface area contributed by atoms with Crippen molar-refractivity contribution in [3.63, 3.8) is 0 Å². The van der Waals surface area contributed by atoms with Gasteiger partial charge in [-0.15, -0.1) is 0 Å². The maximum atomic E-state index is 6.01. The molecule has 0 atom stereocenters. The minimum Gasteiger partial charge on any atom is -0.383 e. The fourth-order valence-corrected chi connectivity index (χ4v) is 5.31. The zero-order chi connectivity index (χ0) is 18.0. The third-order valence-corrected chi connectivity index (χ3v) is 7.17. The molecule has 0 unspecified atom stereocenters. The minimum absolute atomic E-state index is 0.851. The smallest absolute Gasteiger partial charge is 0.0593 e. The van der Waals surface area contributed by atoms with Crippen molar-refractivity contribution in [3.05, 3.63) is 0 Å². The molecular formula is C22H42N2O2. The molecule has 0 N–H and O–H groups in total. The first kappa shape index (κ1) is 20.6. The van der Waals surface area contributed by atoms with E-state index in [1.54, 1.807) is 0 Å². The molecular weight excluding hydrogens is 324 g/mol. The molecule has 3 aliphatic rings. The van der Waals surface area contributed by atoms with E-state index in [9.17, 15) is 0 Å². The van der Waals surface area contributed by atoms with Crippen LogP contribution in [-0.4, -0.2) is 76.0 Å². The SMILES string of the molecule is COCCN1CCC(C2CCN(CCOCC3CCCCC3)CC2)CC1. The lowest BCUT2D eigenvalue weighted by Gasteiger charge is -2.40. The molecule has 3 rings (SSSR count). The van der Waals surface area contributed by atoms with Gasteiger partial charge in [0.05, 0.1) is 13.2 Å². The third kappa shape index (κ3) is 6.78. The van der Waals surface area contributed by atoms with Crippen LogP contribution in [0.4, 0.5) is 0 Å². The topological polar surface area (TPSA) is 24.9 Å². The molecule has 3 fully saturated rings. The molecule has 0 aromatic carbocycles. The van der Waals surface area contributed by atoms with E-state index in [-0.39, 0.29) is 0 Å². The number of hydrogen-bond acceptors (Lipinski definition) is 4. The zero-order valence-corrected chi connectivity index (χ0v) is 17.2. The lowest BCUT2D eigenvalue weighted by atomic mass is 9.79. The van der Waals surface area contributed by atoms with Crippen LogP contribution in [0.25, 0.3) is 0 Å². The number of hydrogen-bond donors (Lipinski definition) is 0. The van der Waals surface area contributed by atoms with Crippen molar-refractivity contribution in [2.75, 3.05) is 66.2 Å². The summed E-state index contributed by atoms with van der Waals surface area (Å²) in [5.74, 6) is 2.79. The van der Waals surface area contributed by atoms with Crippen molar-refractivity contribution in [3.8, 4) is 0 Å². The van der Waals surface area contributed by atoms with Crippen LogP contribution in [0.3, 0.4) is 0 Å². The van der Waals surface area contributed by atoms with Gasteiger partial charge in [0.25, 0.3) is 0 Å². The number of rotatable bonds is 9. The second-order valence-corrected chi connectivity index (χ2v) is 8.93. The molecule has 2 aliphatic heterocycles. The molecule has 152 valence electrons. The van der Waals surface area contributed by atoms with Crippen LogP contribution in [0.15, 0.2) is 0 Å².